The second kappa shape index (κ2) is 8.51. The van der Waals surface area contributed by atoms with Gasteiger partial charge in [-0.15, -0.1) is 0 Å². The highest BCUT2D eigenvalue weighted by Gasteiger charge is 2.40. The Morgan fingerprint density at radius 2 is 1.75 bits per heavy atom. The smallest absolute Gasteiger partial charge is 0.252 e. The molecule has 7 nitrogen and oxygen atoms in total. The molecule has 7 heteroatoms. The average Bonchev–Trinajstić information content (AvgIpc) is 3.43. The Hall–Kier alpha value is -3.58. The molecule has 0 atom stereocenters. The van der Waals surface area contributed by atoms with E-state index in [1.165, 1.54) is 23.0 Å². The molecule has 0 saturated carbocycles. The maximum absolute atomic E-state index is 12.8. The quantitative estimate of drug-likeness (QED) is 0.491. The number of hydrogen-bond donors (Lipinski definition) is 1. The number of amides is 1. The average molecular weight is 427 g/mol. The molecule has 0 radical (unpaired) electrons. The van der Waals surface area contributed by atoms with Gasteiger partial charge in [-0.1, -0.05) is 54.6 Å². The minimum absolute atomic E-state index is 0.0188. The number of fused-ring (bicyclic) bond motifs is 2. The Kier molecular flexibility index (Phi) is 5.41. The molecule has 2 aromatic heterocycles. The minimum Gasteiger partial charge on any atom is -0.354 e. The van der Waals surface area contributed by atoms with Crippen LogP contribution in [0.15, 0.2) is 73.3 Å². The number of hydrogen-bond acceptors (Lipinski definition) is 5. The Morgan fingerprint density at radius 3 is 2.50 bits per heavy atom. The third-order valence-corrected chi connectivity index (χ3v) is 6.40. The van der Waals surface area contributed by atoms with Gasteiger partial charge in [0.15, 0.2) is 0 Å². The second-order valence-electron chi connectivity index (χ2n) is 8.61. The zero-order valence-corrected chi connectivity index (χ0v) is 18.1. The first-order valence-corrected chi connectivity index (χ1v) is 10.8. The lowest BCUT2D eigenvalue weighted by molar-refractivity contribution is -0.121. The SMILES string of the molecule is CN(Cc1ccccc1)C1(CNC(=O)Cc2cnc3ncnn3c2)Cc2ccccc2C1. The molecular formula is C25H26N6O. The normalized spacial score (nSPS) is 14.6. The van der Waals surface area contributed by atoms with E-state index in [0.717, 1.165) is 24.9 Å². The van der Waals surface area contributed by atoms with Crippen LogP contribution in [0.5, 0.6) is 0 Å². The highest BCUT2D eigenvalue weighted by molar-refractivity contribution is 5.78. The van der Waals surface area contributed by atoms with Crippen LogP contribution in [0, 0.1) is 0 Å². The highest BCUT2D eigenvalue weighted by atomic mass is 16.1. The van der Waals surface area contributed by atoms with Gasteiger partial charge in [-0.25, -0.2) is 9.50 Å². The van der Waals surface area contributed by atoms with E-state index in [-0.39, 0.29) is 17.9 Å². The monoisotopic (exact) mass is 426 g/mol. The van der Waals surface area contributed by atoms with Crippen LogP contribution in [-0.4, -0.2) is 49.5 Å². The van der Waals surface area contributed by atoms with Crippen LogP contribution in [0.2, 0.25) is 0 Å². The van der Waals surface area contributed by atoms with E-state index in [2.05, 4.69) is 80.9 Å². The summed E-state index contributed by atoms with van der Waals surface area (Å²) in [4.78, 5) is 23.5. The third kappa shape index (κ3) is 4.11. The Morgan fingerprint density at radius 1 is 1.03 bits per heavy atom. The molecule has 1 amide bonds. The summed E-state index contributed by atoms with van der Waals surface area (Å²) in [6.45, 7) is 1.42. The van der Waals surface area contributed by atoms with Gasteiger partial charge in [0.25, 0.3) is 5.78 Å². The molecule has 32 heavy (non-hydrogen) atoms. The largest absolute Gasteiger partial charge is 0.354 e. The molecule has 5 rings (SSSR count). The molecule has 1 aliphatic rings. The van der Waals surface area contributed by atoms with Crippen molar-refractivity contribution in [1.29, 1.82) is 0 Å². The van der Waals surface area contributed by atoms with Crippen molar-refractivity contribution >= 4 is 11.7 Å². The van der Waals surface area contributed by atoms with Gasteiger partial charge in [-0.2, -0.15) is 10.1 Å². The summed E-state index contributed by atoms with van der Waals surface area (Å²) in [5.41, 5.74) is 4.64. The van der Waals surface area contributed by atoms with Gasteiger partial charge in [0, 0.05) is 31.0 Å². The summed E-state index contributed by atoms with van der Waals surface area (Å²) in [6, 6.07) is 19.1. The van der Waals surface area contributed by atoms with Gasteiger partial charge in [0.1, 0.15) is 6.33 Å². The third-order valence-electron chi connectivity index (χ3n) is 6.40. The molecular weight excluding hydrogens is 400 g/mol. The summed E-state index contributed by atoms with van der Waals surface area (Å²) in [6.07, 6.45) is 7.03. The molecule has 2 aromatic carbocycles. The number of nitrogens with zero attached hydrogens (tertiary/aromatic N) is 5. The predicted molar refractivity (Wildman–Crippen MR) is 122 cm³/mol. The van der Waals surface area contributed by atoms with E-state index in [1.54, 1.807) is 16.9 Å². The summed E-state index contributed by atoms with van der Waals surface area (Å²) in [5, 5.41) is 7.30. The lowest BCUT2D eigenvalue weighted by Crippen LogP contribution is -2.55. The van der Waals surface area contributed by atoms with Gasteiger partial charge in [0.2, 0.25) is 5.91 Å². The lowest BCUT2D eigenvalue weighted by atomic mass is 9.92. The van der Waals surface area contributed by atoms with Crippen molar-refractivity contribution in [3.63, 3.8) is 0 Å². The molecule has 0 spiro atoms. The van der Waals surface area contributed by atoms with E-state index < -0.39 is 0 Å². The Balaban J connectivity index is 1.31. The Labute approximate surface area is 187 Å². The fourth-order valence-corrected chi connectivity index (χ4v) is 4.59. The predicted octanol–water partition coefficient (Wildman–Crippen LogP) is 2.45. The topological polar surface area (TPSA) is 75.4 Å². The number of rotatable bonds is 7. The molecule has 162 valence electrons. The van der Waals surface area contributed by atoms with Gasteiger partial charge >= 0.3 is 0 Å². The Bertz CT molecular complexity index is 1210. The first kappa shape index (κ1) is 20.3. The molecule has 1 N–H and O–H groups in total. The molecule has 0 aliphatic heterocycles. The van der Waals surface area contributed by atoms with E-state index in [1.807, 2.05) is 6.07 Å². The fraction of sp³-hybridized carbons (Fsp3) is 0.280. The van der Waals surface area contributed by atoms with Gasteiger partial charge < -0.3 is 5.32 Å². The van der Waals surface area contributed by atoms with Crippen LogP contribution >= 0.6 is 0 Å². The first-order valence-electron chi connectivity index (χ1n) is 10.8. The summed E-state index contributed by atoms with van der Waals surface area (Å²) < 4.78 is 1.59. The van der Waals surface area contributed by atoms with Crippen molar-refractivity contribution in [3.05, 3.63) is 95.6 Å². The first-order chi connectivity index (χ1) is 15.6. The van der Waals surface area contributed by atoms with Gasteiger partial charge in [0.05, 0.1) is 6.42 Å². The van der Waals surface area contributed by atoms with Crippen LogP contribution < -0.4 is 5.32 Å². The highest BCUT2D eigenvalue weighted by Crippen LogP contribution is 2.34. The van der Waals surface area contributed by atoms with Crippen molar-refractivity contribution < 1.29 is 4.79 Å². The van der Waals surface area contributed by atoms with E-state index in [9.17, 15) is 4.79 Å². The number of likely N-dealkylation sites (N-methyl/N-ethyl adjacent to an activating group) is 1. The van der Waals surface area contributed by atoms with E-state index in [4.69, 9.17) is 0 Å². The van der Waals surface area contributed by atoms with E-state index in [0.29, 0.717) is 12.3 Å². The fourth-order valence-electron chi connectivity index (χ4n) is 4.59. The van der Waals surface area contributed by atoms with Crippen molar-refractivity contribution in [2.24, 2.45) is 0 Å². The maximum Gasteiger partial charge on any atom is 0.252 e. The van der Waals surface area contributed by atoms with Crippen LogP contribution in [-0.2, 0) is 30.6 Å². The lowest BCUT2D eigenvalue weighted by Gasteiger charge is -2.39. The molecule has 0 bridgehead atoms. The second-order valence-corrected chi connectivity index (χ2v) is 8.61. The maximum atomic E-state index is 12.8. The molecule has 4 aromatic rings. The van der Waals surface area contributed by atoms with Crippen molar-refractivity contribution in [3.8, 4) is 0 Å². The number of aromatic nitrogens is 4. The van der Waals surface area contributed by atoms with E-state index >= 15 is 0 Å². The summed E-state index contributed by atoms with van der Waals surface area (Å²) in [7, 11) is 2.16. The number of carbonyl (C=O) groups excluding carboxylic acids is 1. The van der Waals surface area contributed by atoms with Crippen molar-refractivity contribution in [2.75, 3.05) is 13.6 Å². The summed E-state index contributed by atoms with van der Waals surface area (Å²) >= 11 is 0. The van der Waals surface area contributed by atoms with Gasteiger partial charge in [-0.3, -0.25) is 9.69 Å². The van der Waals surface area contributed by atoms with Crippen LogP contribution in [0.1, 0.15) is 22.3 Å². The standard InChI is InChI=1S/C25H26N6O/c1-30(15-19-7-3-2-4-8-19)25(12-21-9-5-6-10-22(21)13-25)17-27-23(32)11-20-14-26-24-28-18-29-31(24)16-20/h2-10,14,16,18H,11-13,15,17H2,1H3,(H,27,32). The molecule has 0 fully saturated rings. The van der Waals surface area contributed by atoms with Crippen LogP contribution in [0.4, 0.5) is 0 Å². The number of benzene rings is 2. The molecule has 2 heterocycles. The zero-order chi connectivity index (χ0) is 22.0. The molecule has 1 aliphatic carbocycles. The van der Waals surface area contributed by atoms with Crippen molar-refractivity contribution in [2.45, 2.75) is 31.3 Å². The zero-order valence-electron chi connectivity index (χ0n) is 18.1. The summed E-state index contributed by atoms with van der Waals surface area (Å²) in [5.74, 6) is 0.508. The molecule has 0 unspecified atom stereocenters. The number of carbonyl (C=O) groups is 1. The van der Waals surface area contributed by atoms with Crippen LogP contribution in [0.3, 0.4) is 0 Å². The van der Waals surface area contributed by atoms with Gasteiger partial charge in [-0.05, 0) is 42.1 Å². The molecule has 0 saturated heterocycles. The number of nitrogens with one attached hydrogen (secondary N) is 1. The minimum atomic E-state index is -0.163. The van der Waals surface area contributed by atoms with Crippen LogP contribution in [0.25, 0.3) is 5.78 Å². The van der Waals surface area contributed by atoms with Crippen molar-refractivity contribution in [1.82, 2.24) is 29.8 Å².